The highest BCUT2D eigenvalue weighted by Crippen LogP contribution is 2.28. The molecule has 0 radical (unpaired) electrons. The summed E-state index contributed by atoms with van der Waals surface area (Å²) in [6, 6.07) is 15.3. The van der Waals surface area contributed by atoms with Crippen molar-refractivity contribution in [3.8, 4) is 0 Å². The van der Waals surface area contributed by atoms with Crippen molar-refractivity contribution in [2.45, 2.75) is 18.7 Å². The van der Waals surface area contributed by atoms with Crippen LogP contribution in [0.5, 0.6) is 0 Å². The molecule has 0 aliphatic heterocycles. The third kappa shape index (κ3) is 4.75. The number of sulfonamides is 1. The van der Waals surface area contributed by atoms with E-state index in [1.54, 1.807) is 19.1 Å². The Morgan fingerprint density at radius 3 is 2.31 bits per heavy atom. The summed E-state index contributed by atoms with van der Waals surface area (Å²) in [5.41, 5.74) is 0.718. The first-order chi connectivity index (χ1) is 15.1. The minimum absolute atomic E-state index is 0.106. The molecule has 3 aromatic carbocycles. The van der Waals surface area contributed by atoms with E-state index in [0.717, 1.165) is 11.6 Å². The van der Waals surface area contributed by atoms with Crippen molar-refractivity contribution in [3.05, 3.63) is 93.8 Å². The Kier molecular flexibility index (Phi) is 6.54. The maximum Gasteiger partial charge on any atom is 0.274 e. The molecule has 10 heteroatoms. The van der Waals surface area contributed by atoms with Crippen molar-refractivity contribution in [2.24, 2.45) is 0 Å². The van der Waals surface area contributed by atoms with Gasteiger partial charge in [0.25, 0.3) is 15.7 Å². The predicted molar refractivity (Wildman–Crippen MR) is 119 cm³/mol. The summed E-state index contributed by atoms with van der Waals surface area (Å²) >= 11 is 0. The van der Waals surface area contributed by atoms with Gasteiger partial charge in [0.15, 0.2) is 0 Å². The number of halogens is 1. The Morgan fingerprint density at radius 1 is 1.03 bits per heavy atom. The Hall–Kier alpha value is -3.79. The van der Waals surface area contributed by atoms with Gasteiger partial charge in [-0.25, -0.2) is 12.8 Å². The van der Waals surface area contributed by atoms with Crippen LogP contribution in [-0.2, 0) is 14.8 Å². The molecule has 0 aliphatic rings. The average molecular weight is 457 g/mol. The van der Waals surface area contributed by atoms with E-state index in [-0.39, 0.29) is 27.5 Å². The van der Waals surface area contributed by atoms with Crippen molar-refractivity contribution in [2.75, 3.05) is 16.2 Å². The van der Waals surface area contributed by atoms with Crippen LogP contribution in [0.25, 0.3) is 0 Å². The van der Waals surface area contributed by atoms with E-state index in [2.05, 4.69) is 5.32 Å². The number of rotatable bonds is 7. The maximum absolute atomic E-state index is 14.5. The van der Waals surface area contributed by atoms with Gasteiger partial charge in [-0.05, 0) is 44.2 Å². The first-order valence-electron chi connectivity index (χ1n) is 9.49. The molecule has 0 fully saturated rings. The van der Waals surface area contributed by atoms with Crippen LogP contribution in [-0.4, -0.2) is 25.8 Å². The Morgan fingerprint density at radius 2 is 1.69 bits per heavy atom. The molecule has 0 heterocycles. The van der Waals surface area contributed by atoms with Gasteiger partial charge in [0, 0.05) is 6.07 Å². The molecule has 0 spiro atoms. The molecule has 3 aromatic rings. The number of hydrogen-bond acceptors (Lipinski definition) is 5. The molecule has 1 N–H and O–H groups in total. The van der Waals surface area contributed by atoms with E-state index in [4.69, 9.17) is 0 Å². The van der Waals surface area contributed by atoms with Crippen LogP contribution in [0.4, 0.5) is 21.5 Å². The number of hydrogen-bond donors (Lipinski definition) is 1. The normalized spacial score (nSPS) is 11.1. The second kappa shape index (κ2) is 9.15. The number of nitrogens with one attached hydrogen (secondary N) is 1. The lowest BCUT2D eigenvalue weighted by atomic mass is 10.1. The summed E-state index contributed by atoms with van der Waals surface area (Å²) < 4.78 is 41.8. The number of carbonyl (C=O) groups excluding carboxylic acids is 1. The first-order valence-corrected chi connectivity index (χ1v) is 10.9. The number of nitrogens with zero attached hydrogens (tertiary/aromatic N) is 2. The number of benzene rings is 3. The average Bonchev–Trinajstić information content (AvgIpc) is 2.74. The molecule has 0 aromatic heterocycles. The van der Waals surface area contributed by atoms with Gasteiger partial charge in [0.1, 0.15) is 12.4 Å². The van der Waals surface area contributed by atoms with Gasteiger partial charge in [-0.3, -0.25) is 19.2 Å². The third-order valence-electron chi connectivity index (χ3n) is 4.79. The second-order valence-electron chi connectivity index (χ2n) is 7.03. The minimum atomic E-state index is -4.29. The fourth-order valence-electron chi connectivity index (χ4n) is 3.07. The van der Waals surface area contributed by atoms with Gasteiger partial charge in [0.2, 0.25) is 5.91 Å². The Labute approximate surface area is 184 Å². The molecule has 3 rings (SSSR count). The Balaban J connectivity index is 1.98. The SMILES string of the molecule is Cc1ccc(S(=O)(=O)N(CC(=O)Nc2cccc([N+](=O)[O-])c2C)c2ccccc2F)cc1. The molecule has 0 saturated heterocycles. The third-order valence-corrected chi connectivity index (χ3v) is 6.57. The summed E-state index contributed by atoms with van der Waals surface area (Å²) in [4.78, 5) is 23.2. The molecule has 0 bridgehead atoms. The van der Waals surface area contributed by atoms with Gasteiger partial charge < -0.3 is 5.32 Å². The number of carbonyl (C=O) groups is 1. The molecular formula is C22H20FN3O5S. The fraction of sp³-hybridized carbons (Fsp3) is 0.136. The molecule has 32 heavy (non-hydrogen) atoms. The van der Waals surface area contributed by atoms with E-state index in [1.165, 1.54) is 55.5 Å². The second-order valence-corrected chi connectivity index (χ2v) is 8.89. The number of aryl methyl sites for hydroxylation is 1. The molecule has 8 nitrogen and oxygen atoms in total. The smallest absolute Gasteiger partial charge is 0.274 e. The maximum atomic E-state index is 14.5. The highest BCUT2D eigenvalue weighted by atomic mass is 32.2. The summed E-state index contributed by atoms with van der Waals surface area (Å²) in [5, 5.41) is 13.6. The van der Waals surface area contributed by atoms with Gasteiger partial charge in [-0.1, -0.05) is 35.9 Å². The molecule has 166 valence electrons. The number of nitro groups is 1. The van der Waals surface area contributed by atoms with Crippen LogP contribution in [0, 0.1) is 29.8 Å². The molecule has 0 aliphatic carbocycles. The topological polar surface area (TPSA) is 110 Å². The van der Waals surface area contributed by atoms with Crippen molar-refractivity contribution >= 4 is 33.0 Å². The van der Waals surface area contributed by atoms with Crippen LogP contribution in [0.3, 0.4) is 0 Å². The van der Waals surface area contributed by atoms with Crippen molar-refractivity contribution < 1.29 is 22.5 Å². The number of para-hydroxylation sites is 1. The predicted octanol–water partition coefficient (Wildman–Crippen LogP) is 4.18. The molecule has 1 amide bonds. The number of anilines is 2. The van der Waals surface area contributed by atoms with Crippen molar-refractivity contribution in [1.29, 1.82) is 0 Å². The van der Waals surface area contributed by atoms with Crippen LogP contribution in [0.1, 0.15) is 11.1 Å². The monoisotopic (exact) mass is 457 g/mol. The lowest BCUT2D eigenvalue weighted by molar-refractivity contribution is -0.385. The summed E-state index contributed by atoms with van der Waals surface area (Å²) in [7, 11) is -4.29. The van der Waals surface area contributed by atoms with Crippen LogP contribution in [0.15, 0.2) is 71.6 Å². The molecule has 0 unspecified atom stereocenters. The quantitative estimate of drug-likeness (QED) is 0.423. The van der Waals surface area contributed by atoms with E-state index in [1.807, 2.05) is 0 Å². The molecule has 0 atom stereocenters. The number of amides is 1. The van der Waals surface area contributed by atoms with E-state index >= 15 is 0 Å². The largest absolute Gasteiger partial charge is 0.324 e. The zero-order valence-corrected chi connectivity index (χ0v) is 18.1. The zero-order chi connectivity index (χ0) is 23.5. The van der Waals surface area contributed by atoms with Gasteiger partial charge in [-0.15, -0.1) is 0 Å². The van der Waals surface area contributed by atoms with Crippen molar-refractivity contribution in [3.63, 3.8) is 0 Å². The highest BCUT2D eigenvalue weighted by molar-refractivity contribution is 7.92. The van der Waals surface area contributed by atoms with Gasteiger partial charge >= 0.3 is 0 Å². The lowest BCUT2D eigenvalue weighted by Crippen LogP contribution is -2.38. The standard InChI is InChI=1S/C22H20FN3O5S/c1-15-10-12-17(13-11-15)32(30,31)25(21-8-4-3-6-18(21)23)14-22(27)24-19-7-5-9-20(16(19)2)26(28)29/h3-13H,14H2,1-2H3,(H,24,27). The summed E-state index contributed by atoms with van der Waals surface area (Å²) in [6.45, 7) is 2.52. The van der Waals surface area contributed by atoms with E-state index in [0.29, 0.717) is 4.31 Å². The molecular weight excluding hydrogens is 437 g/mol. The Bertz CT molecular complexity index is 1280. The fourth-order valence-corrected chi connectivity index (χ4v) is 4.50. The lowest BCUT2D eigenvalue weighted by Gasteiger charge is -2.24. The first kappa shape index (κ1) is 22.9. The highest BCUT2D eigenvalue weighted by Gasteiger charge is 2.29. The van der Waals surface area contributed by atoms with E-state index < -0.39 is 33.2 Å². The van der Waals surface area contributed by atoms with Crippen LogP contribution < -0.4 is 9.62 Å². The number of nitro benzene ring substituents is 1. The summed E-state index contributed by atoms with van der Waals surface area (Å²) in [6.07, 6.45) is 0. The zero-order valence-electron chi connectivity index (χ0n) is 17.3. The van der Waals surface area contributed by atoms with Gasteiger partial charge in [0.05, 0.1) is 26.8 Å². The minimum Gasteiger partial charge on any atom is -0.324 e. The van der Waals surface area contributed by atoms with Crippen LogP contribution in [0.2, 0.25) is 0 Å². The van der Waals surface area contributed by atoms with Crippen molar-refractivity contribution in [1.82, 2.24) is 0 Å². The summed E-state index contributed by atoms with van der Waals surface area (Å²) in [5.74, 6) is -1.60. The van der Waals surface area contributed by atoms with Gasteiger partial charge in [-0.2, -0.15) is 0 Å². The molecule has 0 saturated carbocycles. The van der Waals surface area contributed by atoms with E-state index in [9.17, 15) is 27.7 Å². The van der Waals surface area contributed by atoms with Crippen LogP contribution >= 0.6 is 0 Å².